The van der Waals surface area contributed by atoms with Crippen LogP contribution in [0.3, 0.4) is 0 Å². The van der Waals surface area contributed by atoms with Gasteiger partial charge in [0.1, 0.15) is 0 Å². The Morgan fingerprint density at radius 1 is 1.25 bits per heavy atom. The molecule has 0 fully saturated rings. The third-order valence-corrected chi connectivity index (χ3v) is 2.99. The summed E-state index contributed by atoms with van der Waals surface area (Å²) < 4.78 is -0.551. The fourth-order valence-corrected chi connectivity index (χ4v) is 2.01. The second-order valence-electron chi connectivity index (χ2n) is 1.89. The highest BCUT2D eigenvalue weighted by Gasteiger charge is 2.09. The third-order valence-electron chi connectivity index (χ3n) is 1.10. The smallest absolute Gasteiger partial charge is 0.268 e. The average molecular weight is 242 g/mol. The number of halogens is 3. The molecule has 1 rings (SSSR count). The zero-order valence-corrected chi connectivity index (χ0v) is 8.77. The zero-order chi connectivity index (χ0) is 9.14. The van der Waals surface area contributed by atoms with Crippen LogP contribution in [0.25, 0.3) is 0 Å². The molecule has 5 heteroatoms. The van der Waals surface area contributed by atoms with Gasteiger partial charge in [-0.15, -0.1) is 0 Å². The summed E-state index contributed by atoms with van der Waals surface area (Å²) in [7, 11) is 0. The lowest BCUT2D eigenvalue weighted by molar-refractivity contribution is 0.276. The summed E-state index contributed by atoms with van der Waals surface area (Å²) in [5.74, 6) is 0. The Morgan fingerprint density at radius 2 is 1.75 bits per heavy atom. The molecule has 1 nitrogen and oxygen atoms in total. The normalized spacial score (nSPS) is 9.92. The maximum absolute atomic E-state index is 10.5. The predicted molar refractivity (Wildman–Crippen MR) is 53.6 cm³/mol. The minimum atomic E-state index is -0.551. The molecular formula is C7H3Cl3OS. The van der Waals surface area contributed by atoms with E-state index in [-0.39, 0.29) is 0 Å². The molecular weight excluding hydrogens is 239 g/mol. The van der Waals surface area contributed by atoms with Crippen LogP contribution < -0.4 is 0 Å². The van der Waals surface area contributed by atoms with Crippen molar-refractivity contribution in [1.82, 2.24) is 0 Å². The Hall–Kier alpha value is 0.110. The van der Waals surface area contributed by atoms with Gasteiger partial charge in [0.15, 0.2) is 0 Å². The summed E-state index contributed by atoms with van der Waals surface area (Å²) in [4.78, 5) is 11.0. The lowest BCUT2D eigenvalue weighted by atomic mass is 10.4. The molecule has 1 aromatic carbocycles. The Kier molecular flexibility index (Phi) is 3.72. The molecule has 0 unspecified atom stereocenters. The van der Waals surface area contributed by atoms with E-state index in [2.05, 4.69) is 0 Å². The first-order valence-corrected chi connectivity index (χ1v) is 4.87. The van der Waals surface area contributed by atoms with Gasteiger partial charge >= 0.3 is 0 Å². The number of rotatable bonds is 1. The predicted octanol–water partition coefficient (Wildman–Crippen LogP) is 4.44. The van der Waals surface area contributed by atoms with E-state index in [1.807, 2.05) is 0 Å². The summed E-state index contributed by atoms with van der Waals surface area (Å²) in [5, 5.41) is 0.864. The maximum atomic E-state index is 10.5. The molecule has 0 spiro atoms. The molecule has 0 aliphatic carbocycles. The Bertz CT molecular complexity index is 293. The number of hydrogen-bond acceptors (Lipinski definition) is 2. The van der Waals surface area contributed by atoms with Gasteiger partial charge in [-0.3, -0.25) is 4.79 Å². The van der Waals surface area contributed by atoms with Crippen LogP contribution in [-0.2, 0) is 0 Å². The van der Waals surface area contributed by atoms with Crippen LogP contribution in [0.2, 0.25) is 10.0 Å². The van der Waals surface area contributed by atoms with Gasteiger partial charge in [0.05, 0.1) is 14.9 Å². The van der Waals surface area contributed by atoms with Gasteiger partial charge < -0.3 is 0 Å². The molecule has 0 atom stereocenters. The molecule has 1 aromatic rings. The van der Waals surface area contributed by atoms with E-state index in [9.17, 15) is 4.79 Å². The van der Waals surface area contributed by atoms with Crippen LogP contribution in [0.5, 0.6) is 0 Å². The quantitative estimate of drug-likeness (QED) is 0.534. The van der Waals surface area contributed by atoms with E-state index in [1.165, 1.54) is 0 Å². The zero-order valence-electron chi connectivity index (χ0n) is 5.68. The minimum Gasteiger partial charge on any atom is -0.268 e. The van der Waals surface area contributed by atoms with Gasteiger partial charge in [0, 0.05) is 0 Å². The molecule has 64 valence electrons. The van der Waals surface area contributed by atoms with Gasteiger partial charge in [0.25, 0.3) is 4.57 Å². The van der Waals surface area contributed by atoms with E-state index in [0.717, 1.165) is 11.8 Å². The van der Waals surface area contributed by atoms with Crippen molar-refractivity contribution in [1.29, 1.82) is 0 Å². The van der Waals surface area contributed by atoms with Crippen LogP contribution in [0.15, 0.2) is 23.1 Å². The Labute approximate surface area is 89.0 Å². The molecule has 0 N–H and O–H groups in total. The number of carbonyl (C=O) groups is 1. The number of thioether (sulfide) groups is 1. The first-order valence-electron chi connectivity index (χ1n) is 2.92. The molecule has 0 bridgehead atoms. The molecule has 12 heavy (non-hydrogen) atoms. The Morgan fingerprint density at radius 3 is 2.17 bits per heavy atom. The number of carbonyl (C=O) groups excluding carboxylic acids is 1. The SMILES string of the molecule is O=C(Cl)Sc1c(Cl)cccc1Cl. The van der Waals surface area contributed by atoms with Gasteiger partial charge in [-0.2, -0.15) is 0 Å². The van der Waals surface area contributed by atoms with Crippen LogP contribution in [0, 0.1) is 0 Å². The first-order chi connectivity index (χ1) is 5.61. The largest absolute Gasteiger partial charge is 0.284 e. The second-order valence-corrected chi connectivity index (χ2v) is 4.26. The van der Waals surface area contributed by atoms with Crippen molar-refractivity contribution in [3.8, 4) is 0 Å². The maximum Gasteiger partial charge on any atom is 0.284 e. The van der Waals surface area contributed by atoms with Crippen molar-refractivity contribution in [3.05, 3.63) is 28.2 Å². The highest BCUT2D eigenvalue weighted by Crippen LogP contribution is 2.35. The molecule has 0 saturated carbocycles. The number of hydrogen-bond donors (Lipinski definition) is 0. The van der Waals surface area contributed by atoms with Crippen LogP contribution >= 0.6 is 46.6 Å². The summed E-state index contributed by atoms with van der Waals surface area (Å²) in [5.41, 5.74) is 0. The topological polar surface area (TPSA) is 17.1 Å². The van der Waals surface area contributed by atoms with Gasteiger partial charge in [-0.25, -0.2) is 0 Å². The summed E-state index contributed by atoms with van der Waals surface area (Å²) in [6.45, 7) is 0. The molecule has 0 amide bonds. The fourth-order valence-electron chi connectivity index (χ4n) is 0.660. The molecule has 0 heterocycles. The van der Waals surface area contributed by atoms with E-state index in [1.54, 1.807) is 18.2 Å². The fraction of sp³-hybridized carbons (Fsp3) is 0. The first kappa shape index (κ1) is 10.2. The van der Waals surface area contributed by atoms with Gasteiger partial charge in [-0.1, -0.05) is 29.3 Å². The molecule has 0 saturated heterocycles. The van der Waals surface area contributed by atoms with Crippen molar-refractivity contribution in [2.45, 2.75) is 4.90 Å². The van der Waals surface area contributed by atoms with E-state index in [0.29, 0.717) is 14.9 Å². The summed E-state index contributed by atoms with van der Waals surface area (Å²) in [6.07, 6.45) is 0. The highest BCUT2D eigenvalue weighted by molar-refractivity contribution is 8.16. The van der Waals surface area contributed by atoms with E-state index >= 15 is 0 Å². The monoisotopic (exact) mass is 240 g/mol. The Balaban J connectivity index is 3.04. The van der Waals surface area contributed by atoms with Crippen LogP contribution in [0.4, 0.5) is 4.79 Å². The standard InChI is InChI=1S/C7H3Cl3OS/c8-4-2-1-3-5(9)6(4)12-7(10)11/h1-3H. The highest BCUT2D eigenvalue weighted by atomic mass is 35.5. The van der Waals surface area contributed by atoms with E-state index < -0.39 is 4.57 Å². The molecule has 0 radical (unpaired) electrons. The lowest BCUT2D eigenvalue weighted by Gasteiger charge is -2.01. The van der Waals surface area contributed by atoms with Crippen molar-refractivity contribution in [3.63, 3.8) is 0 Å². The van der Waals surface area contributed by atoms with Crippen molar-refractivity contribution >= 4 is 51.1 Å². The average Bonchev–Trinajstić information content (AvgIpc) is 1.97. The molecule has 0 aromatic heterocycles. The summed E-state index contributed by atoms with van der Waals surface area (Å²) >= 11 is 17.5. The second kappa shape index (κ2) is 4.38. The van der Waals surface area contributed by atoms with Gasteiger partial charge in [0.2, 0.25) is 0 Å². The van der Waals surface area contributed by atoms with Crippen LogP contribution in [0.1, 0.15) is 0 Å². The lowest BCUT2D eigenvalue weighted by Crippen LogP contribution is -1.79. The molecule has 0 aliphatic rings. The summed E-state index contributed by atoms with van der Waals surface area (Å²) in [6, 6.07) is 5.00. The number of benzene rings is 1. The third kappa shape index (κ3) is 2.56. The molecule has 0 aliphatic heterocycles. The van der Waals surface area contributed by atoms with E-state index in [4.69, 9.17) is 34.8 Å². The van der Waals surface area contributed by atoms with Crippen molar-refractivity contribution in [2.24, 2.45) is 0 Å². The van der Waals surface area contributed by atoms with Crippen molar-refractivity contribution < 1.29 is 4.79 Å². The van der Waals surface area contributed by atoms with Crippen molar-refractivity contribution in [2.75, 3.05) is 0 Å². The van der Waals surface area contributed by atoms with Crippen LogP contribution in [-0.4, -0.2) is 4.57 Å². The van der Waals surface area contributed by atoms with Gasteiger partial charge in [-0.05, 0) is 35.5 Å². The minimum absolute atomic E-state index is 0.432.